The normalized spacial score (nSPS) is 13.1. The van der Waals surface area contributed by atoms with Crippen LogP contribution in [0.1, 0.15) is 16.7 Å². The van der Waals surface area contributed by atoms with Crippen molar-refractivity contribution in [1.29, 1.82) is 0 Å². The van der Waals surface area contributed by atoms with E-state index < -0.39 is 0 Å². The number of aliphatic hydroxyl groups excluding tert-OH is 1. The van der Waals surface area contributed by atoms with Crippen LogP contribution in [-0.4, -0.2) is 5.11 Å². The molecule has 2 heteroatoms. The van der Waals surface area contributed by atoms with Crippen molar-refractivity contribution in [2.24, 2.45) is 0 Å². The number of hydrogen-bond acceptors (Lipinski definition) is 2. The molecule has 3 rings (SSSR count). The van der Waals surface area contributed by atoms with Crippen molar-refractivity contribution in [3.05, 3.63) is 59.2 Å². The highest BCUT2D eigenvalue weighted by Crippen LogP contribution is 2.41. The smallest absolute Gasteiger partial charge is 0.0692 e. The summed E-state index contributed by atoms with van der Waals surface area (Å²) in [4.78, 5) is 2.56. The summed E-state index contributed by atoms with van der Waals surface area (Å²) in [7, 11) is 0. The van der Waals surface area contributed by atoms with E-state index in [4.69, 9.17) is 0 Å². The van der Waals surface area contributed by atoms with Gasteiger partial charge in [0.15, 0.2) is 0 Å². The molecule has 80 valence electrons. The van der Waals surface area contributed by atoms with Crippen LogP contribution < -0.4 is 0 Å². The third kappa shape index (κ3) is 1.55. The summed E-state index contributed by atoms with van der Waals surface area (Å²) in [6.07, 6.45) is 0.979. The van der Waals surface area contributed by atoms with E-state index in [1.807, 2.05) is 12.1 Å². The standard InChI is InChI=1S/C14H12OS/c15-9-12-6-3-5-11-8-10-4-1-2-7-13(10)16-14(11)12/h1-7,15H,8-9H2. The maximum absolute atomic E-state index is 9.33. The Morgan fingerprint density at radius 3 is 2.69 bits per heavy atom. The summed E-state index contributed by atoms with van der Waals surface area (Å²) in [6.45, 7) is 0.123. The minimum absolute atomic E-state index is 0.123. The Labute approximate surface area is 99.1 Å². The topological polar surface area (TPSA) is 20.2 Å². The molecule has 1 aliphatic heterocycles. The number of hydrogen-bond donors (Lipinski definition) is 1. The van der Waals surface area contributed by atoms with Crippen LogP contribution in [0, 0.1) is 0 Å². The van der Waals surface area contributed by atoms with Crippen LogP contribution >= 0.6 is 11.8 Å². The quantitative estimate of drug-likeness (QED) is 0.690. The van der Waals surface area contributed by atoms with Gasteiger partial charge in [0.25, 0.3) is 0 Å². The summed E-state index contributed by atoms with van der Waals surface area (Å²) in [5.41, 5.74) is 3.75. The predicted octanol–water partition coefficient (Wildman–Crippen LogP) is 3.23. The highest BCUT2D eigenvalue weighted by molar-refractivity contribution is 7.99. The van der Waals surface area contributed by atoms with Crippen molar-refractivity contribution < 1.29 is 5.11 Å². The fraction of sp³-hybridized carbons (Fsp3) is 0.143. The lowest BCUT2D eigenvalue weighted by Gasteiger charge is -2.20. The molecule has 0 unspecified atom stereocenters. The van der Waals surface area contributed by atoms with E-state index in [1.165, 1.54) is 20.9 Å². The summed E-state index contributed by atoms with van der Waals surface area (Å²) in [6, 6.07) is 14.7. The monoisotopic (exact) mass is 228 g/mol. The summed E-state index contributed by atoms with van der Waals surface area (Å²) < 4.78 is 0. The van der Waals surface area contributed by atoms with Crippen LogP contribution in [0.15, 0.2) is 52.3 Å². The number of rotatable bonds is 1. The molecule has 0 atom stereocenters. The Hall–Kier alpha value is -1.25. The zero-order valence-electron chi connectivity index (χ0n) is 8.81. The molecule has 1 heterocycles. The molecule has 16 heavy (non-hydrogen) atoms. The largest absolute Gasteiger partial charge is 0.392 e. The molecule has 0 aliphatic carbocycles. The van der Waals surface area contributed by atoms with Crippen molar-refractivity contribution >= 4 is 11.8 Å². The van der Waals surface area contributed by atoms with Crippen molar-refractivity contribution in [3.8, 4) is 0 Å². The van der Waals surface area contributed by atoms with Gasteiger partial charge in [0, 0.05) is 9.79 Å². The van der Waals surface area contributed by atoms with Gasteiger partial charge in [-0.05, 0) is 29.2 Å². The van der Waals surface area contributed by atoms with Crippen LogP contribution in [0.5, 0.6) is 0 Å². The van der Waals surface area contributed by atoms with E-state index in [2.05, 4.69) is 30.3 Å². The van der Waals surface area contributed by atoms with Crippen LogP contribution in [0.3, 0.4) is 0 Å². The highest BCUT2D eigenvalue weighted by atomic mass is 32.2. The maximum atomic E-state index is 9.33. The van der Waals surface area contributed by atoms with Crippen LogP contribution in [0.25, 0.3) is 0 Å². The Kier molecular flexibility index (Phi) is 2.46. The highest BCUT2D eigenvalue weighted by Gasteiger charge is 2.17. The fourth-order valence-corrected chi connectivity index (χ4v) is 3.27. The molecule has 1 nitrogen and oxygen atoms in total. The third-order valence-electron chi connectivity index (χ3n) is 2.91. The van der Waals surface area contributed by atoms with Crippen molar-refractivity contribution in [1.82, 2.24) is 0 Å². The van der Waals surface area contributed by atoms with E-state index in [0.717, 1.165) is 12.0 Å². The Balaban J connectivity index is 2.12. The second-order valence-electron chi connectivity index (χ2n) is 3.95. The Morgan fingerprint density at radius 1 is 1.00 bits per heavy atom. The lowest BCUT2D eigenvalue weighted by Crippen LogP contribution is -2.02. The number of aliphatic hydroxyl groups is 1. The fourth-order valence-electron chi connectivity index (χ4n) is 2.10. The van der Waals surface area contributed by atoms with Gasteiger partial charge in [-0.3, -0.25) is 0 Å². The van der Waals surface area contributed by atoms with Crippen LogP contribution in [0.2, 0.25) is 0 Å². The lowest BCUT2D eigenvalue weighted by atomic mass is 10.0. The zero-order valence-corrected chi connectivity index (χ0v) is 9.63. The van der Waals surface area contributed by atoms with E-state index in [1.54, 1.807) is 11.8 Å². The van der Waals surface area contributed by atoms with Gasteiger partial charge >= 0.3 is 0 Å². The average Bonchev–Trinajstić information content (AvgIpc) is 2.35. The van der Waals surface area contributed by atoms with E-state index in [-0.39, 0.29) is 6.61 Å². The molecule has 2 aromatic carbocycles. The Bertz CT molecular complexity index is 534. The first-order chi connectivity index (χ1) is 7.88. The maximum Gasteiger partial charge on any atom is 0.0692 e. The molecular weight excluding hydrogens is 216 g/mol. The second kappa shape index (κ2) is 3.96. The molecule has 0 bridgehead atoms. The van der Waals surface area contributed by atoms with Gasteiger partial charge in [-0.2, -0.15) is 0 Å². The molecule has 0 fully saturated rings. The van der Waals surface area contributed by atoms with E-state index in [0.29, 0.717) is 0 Å². The van der Waals surface area contributed by atoms with Gasteiger partial charge in [0.1, 0.15) is 0 Å². The average molecular weight is 228 g/mol. The minimum atomic E-state index is 0.123. The second-order valence-corrected chi connectivity index (χ2v) is 5.00. The van der Waals surface area contributed by atoms with Crippen molar-refractivity contribution in [2.75, 3.05) is 0 Å². The third-order valence-corrected chi connectivity index (χ3v) is 4.26. The van der Waals surface area contributed by atoms with Crippen molar-refractivity contribution in [3.63, 3.8) is 0 Å². The van der Waals surface area contributed by atoms with Gasteiger partial charge < -0.3 is 5.11 Å². The SMILES string of the molecule is OCc1cccc2c1Sc1ccccc1C2. The molecule has 1 aliphatic rings. The van der Waals surface area contributed by atoms with E-state index in [9.17, 15) is 5.11 Å². The lowest BCUT2D eigenvalue weighted by molar-refractivity contribution is 0.278. The number of benzene rings is 2. The van der Waals surface area contributed by atoms with Gasteiger partial charge in [0.2, 0.25) is 0 Å². The summed E-state index contributed by atoms with van der Waals surface area (Å²) in [5.74, 6) is 0. The van der Waals surface area contributed by atoms with Crippen LogP contribution in [0.4, 0.5) is 0 Å². The molecule has 2 aromatic rings. The van der Waals surface area contributed by atoms with Crippen molar-refractivity contribution in [2.45, 2.75) is 22.8 Å². The molecule has 0 saturated heterocycles. The zero-order chi connectivity index (χ0) is 11.0. The first-order valence-corrected chi connectivity index (χ1v) is 6.17. The molecule has 0 aromatic heterocycles. The summed E-state index contributed by atoms with van der Waals surface area (Å²) >= 11 is 1.77. The molecule has 0 saturated carbocycles. The predicted molar refractivity (Wildman–Crippen MR) is 65.7 cm³/mol. The number of fused-ring (bicyclic) bond motifs is 2. The van der Waals surface area contributed by atoms with Gasteiger partial charge in [0.05, 0.1) is 6.61 Å². The van der Waals surface area contributed by atoms with Gasteiger partial charge in [-0.1, -0.05) is 48.2 Å². The molecule has 0 amide bonds. The molecule has 0 radical (unpaired) electrons. The Morgan fingerprint density at radius 2 is 1.81 bits per heavy atom. The minimum Gasteiger partial charge on any atom is -0.392 e. The molecular formula is C14H12OS. The van der Waals surface area contributed by atoms with E-state index >= 15 is 0 Å². The molecule has 0 spiro atoms. The first-order valence-electron chi connectivity index (χ1n) is 5.36. The van der Waals surface area contributed by atoms with Gasteiger partial charge in [-0.15, -0.1) is 0 Å². The van der Waals surface area contributed by atoms with Crippen LogP contribution in [-0.2, 0) is 13.0 Å². The summed E-state index contributed by atoms with van der Waals surface area (Å²) in [5, 5.41) is 9.33. The first kappa shape index (κ1) is 9.94. The van der Waals surface area contributed by atoms with Gasteiger partial charge in [-0.25, -0.2) is 0 Å². The molecule has 1 N–H and O–H groups in total.